The van der Waals surface area contributed by atoms with Crippen molar-refractivity contribution in [2.24, 2.45) is 0 Å². The molecule has 2 amide bonds. The van der Waals surface area contributed by atoms with Gasteiger partial charge in [0, 0.05) is 20.1 Å². The third kappa shape index (κ3) is 2.73. The summed E-state index contributed by atoms with van der Waals surface area (Å²) in [6.45, 7) is 2.88. The van der Waals surface area contributed by atoms with Crippen LogP contribution < -0.4 is 10.7 Å². The van der Waals surface area contributed by atoms with Gasteiger partial charge in [0.1, 0.15) is 0 Å². The highest BCUT2D eigenvalue weighted by atomic mass is 16.5. The second-order valence-electron chi connectivity index (χ2n) is 2.29. The molecule has 0 spiro atoms. The molecular weight excluding hydrogens is 146 g/mol. The minimum Gasteiger partial charge on any atom is -0.379 e. The van der Waals surface area contributed by atoms with Crippen LogP contribution in [0.25, 0.3) is 0 Å². The Hall–Kier alpha value is -0.810. The number of hydrogen-bond donors (Lipinski definition) is 2. The van der Waals surface area contributed by atoms with Crippen LogP contribution in [0.1, 0.15) is 0 Å². The summed E-state index contributed by atoms with van der Waals surface area (Å²) in [7, 11) is 1.59. The molecule has 1 saturated heterocycles. The van der Waals surface area contributed by atoms with Crippen molar-refractivity contribution < 1.29 is 9.53 Å². The molecular formula is C6H13N3O2. The van der Waals surface area contributed by atoms with E-state index >= 15 is 0 Å². The summed E-state index contributed by atoms with van der Waals surface area (Å²) >= 11 is 0. The summed E-state index contributed by atoms with van der Waals surface area (Å²) in [6, 6.07) is -0.174. The second-order valence-corrected chi connectivity index (χ2v) is 2.29. The number of carbonyl (C=O) groups excluding carboxylic acids is 1. The quantitative estimate of drug-likeness (QED) is 0.524. The van der Waals surface area contributed by atoms with E-state index < -0.39 is 0 Å². The zero-order valence-corrected chi connectivity index (χ0v) is 6.59. The van der Waals surface area contributed by atoms with Gasteiger partial charge >= 0.3 is 6.03 Å². The van der Waals surface area contributed by atoms with Gasteiger partial charge in [-0.3, -0.25) is 5.43 Å². The molecule has 1 aliphatic heterocycles. The first kappa shape index (κ1) is 8.29. The Morgan fingerprint density at radius 2 is 2.09 bits per heavy atom. The van der Waals surface area contributed by atoms with E-state index in [4.69, 9.17) is 4.74 Å². The van der Waals surface area contributed by atoms with Crippen molar-refractivity contribution in [1.29, 1.82) is 0 Å². The molecule has 0 aromatic rings. The van der Waals surface area contributed by atoms with Gasteiger partial charge in [0.2, 0.25) is 0 Å². The van der Waals surface area contributed by atoms with E-state index in [2.05, 4.69) is 10.7 Å². The topological polar surface area (TPSA) is 53.6 Å². The molecule has 0 unspecified atom stereocenters. The van der Waals surface area contributed by atoms with Crippen molar-refractivity contribution in [2.75, 3.05) is 33.4 Å². The third-order valence-electron chi connectivity index (χ3n) is 1.50. The van der Waals surface area contributed by atoms with Gasteiger partial charge in [-0.15, -0.1) is 0 Å². The number of nitrogens with one attached hydrogen (secondary N) is 2. The van der Waals surface area contributed by atoms with Crippen LogP contribution in [0.15, 0.2) is 0 Å². The van der Waals surface area contributed by atoms with Gasteiger partial charge in [-0.1, -0.05) is 0 Å². The van der Waals surface area contributed by atoms with E-state index in [9.17, 15) is 4.79 Å². The van der Waals surface area contributed by atoms with Crippen LogP contribution >= 0.6 is 0 Å². The fraction of sp³-hybridized carbons (Fsp3) is 0.833. The smallest absolute Gasteiger partial charge is 0.329 e. The van der Waals surface area contributed by atoms with Gasteiger partial charge in [0.25, 0.3) is 0 Å². The molecule has 1 heterocycles. The minimum atomic E-state index is -0.174. The highest BCUT2D eigenvalue weighted by molar-refractivity contribution is 5.72. The average molecular weight is 159 g/mol. The molecule has 0 bridgehead atoms. The van der Waals surface area contributed by atoms with Crippen molar-refractivity contribution in [3.05, 3.63) is 0 Å². The Bertz CT molecular complexity index is 134. The second kappa shape index (κ2) is 4.15. The SMILES string of the molecule is CNC(=O)NN1CCOCC1. The standard InChI is InChI=1S/C6H13N3O2/c1-7-6(10)8-9-2-4-11-5-3-9/h2-5H2,1H3,(H2,7,8,10). The largest absolute Gasteiger partial charge is 0.379 e. The van der Waals surface area contributed by atoms with E-state index in [1.165, 1.54) is 0 Å². The number of hydrazine groups is 1. The summed E-state index contributed by atoms with van der Waals surface area (Å²) in [5.74, 6) is 0. The molecule has 5 nitrogen and oxygen atoms in total. The van der Waals surface area contributed by atoms with Gasteiger partial charge in [-0.05, 0) is 0 Å². The molecule has 11 heavy (non-hydrogen) atoms. The minimum absolute atomic E-state index is 0.174. The van der Waals surface area contributed by atoms with Crippen LogP contribution in [0, 0.1) is 0 Å². The predicted molar refractivity (Wildman–Crippen MR) is 40.0 cm³/mol. The number of nitrogens with zero attached hydrogens (tertiary/aromatic N) is 1. The van der Waals surface area contributed by atoms with Gasteiger partial charge in [0.05, 0.1) is 13.2 Å². The Labute approximate surface area is 65.7 Å². The fourth-order valence-electron chi connectivity index (χ4n) is 0.875. The molecule has 0 radical (unpaired) electrons. The van der Waals surface area contributed by atoms with E-state index in [1.54, 1.807) is 7.05 Å². The zero-order valence-electron chi connectivity index (χ0n) is 6.59. The Balaban J connectivity index is 2.19. The molecule has 0 atom stereocenters. The van der Waals surface area contributed by atoms with Crippen LogP contribution in [-0.4, -0.2) is 44.4 Å². The molecule has 1 fully saturated rings. The molecule has 0 saturated carbocycles. The van der Waals surface area contributed by atoms with Gasteiger partial charge < -0.3 is 10.1 Å². The van der Waals surface area contributed by atoms with E-state index in [0.29, 0.717) is 13.2 Å². The van der Waals surface area contributed by atoms with Crippen molar-refractivity contribution >= 4 is 6.03 Å². The average Bonchev–Trinajstić information content (AvgIpc) is 2.06. The summed E-state index contributed by atoms with van der Waals surface area (Å²) in [5.41, 5.74) is 2.67. The van der Waals surface area contributed by atoms with Crippen molar-refractivity contribution in [3.63, 3.8) is 0 Å². The molecule has 1 rings (SSSR count). The third-order valence-corrected chi connectivity index (χ3v) is 1.50. The summed E-state index contributed by atoms with van der Waals surface area (Å²) in [4.78, 5) is 10.8. The highest BCUT2D eigenvalue weighted by Crippen LogP contribution is 1.91. The maximum Gasteiger partial charge on any atom is 0.329 e. The van der Waals surface area contributed by atoms with Crippen LogP contribution in [-0.2, 0) is 4.74 Å². The first-order valence-corrected chi connectivity index (χ1v) is 3.64. The van der Waals surface area contributed by atoms with E-state index in [0.717, 1.165) is 13.1 Å². The lowest BCUT2D eigenvalue weighted by Gasteiger charge is -2.26. The van der Waals surface area contributed by atoms with Crippen LogP contribution in [0.5, 0.6) is 0 Å². The van der Waals surface area contributed by atoms with Crippen LogP contribution in [0.2, 0.25) is 0 Å². The normalized spacial score (nSPS) is 19.4. The first-order valence-electron chi connectivity index (χ1n) is 3.64. The van der Waals surface area contributed by atoms with Crippen molar-refractivity contribution in [1.82, 2.24) is 15.8 Å². The van der Waals surface area contributed by atoms with E-state index in [-0.39, 0.29) is 6.03 Å². The van der Waals surface area contributed by atoms with Gasteiger partial charge in [-0.2, -0.15) is 0 Å². The molecule has 0 aromatic heterocycles. The number of morpholine rings is 1. The van der Waals surface area contributed by atoms with Crippen LogP contribution in [0.4, 0.5) is 4.79 Å². The maximum absolute atomic E-state index is 10.8. The van der Waals surface area contributed by atoms with Gasteiger partial charge in [-0.25, -0.2) is 9.80 Å². The molecule has 1 aliphatic rings. The molecule has 0 aliphatic carbocycles. The summed E-state index contributed by atoms with van der Waals surface area (Å²) in [5, 5.41) is 4.32. The molecule has 2 N–H and O–H groups in total. The summed E-state index contributed by atoms with van der Waals surface area (Å²) in [6.07, 6.45) is 0. The molecule has 0 aromatic carbocycles. The predicted octanol–water partition coefficient (Wildman–Crippen LogP) is -0.837. The number of hydrogen-bond acceptors (Lipinski definition) is 3. The Morgan fingerprint density at radius 1 is 1.45 bits per heavy atom. The highest BCUT2D eigenvalue weighted by Gasteiger charge is 2.11. The van der Waals surface area contributed by atoms with Gasteiger partial charge in [0.15, 0.2) is 0 Å². The lowest BCUT2D eigenvalue weighted by Crippen LogP contribution is -2.50. The number of rotatable bonds is 1. The Morgan fingerprint density at radius 3 is 2.64 bits per heavy atom. The van der Waals surface area contributed by atoms with Crippen LogP contribution in [0.3, 0.4) is 0 Å². The molecule has 5 heteroatoms. The Kier molecular flexibility index (Phi) is 3.13. The number of urea groups is 1. The van der Waals surface area contributed by atoms with Crippen molar-refractivity contribution in [3.8, 4) is 0 Å². The first-order chi connectivity index (χ1) is 5.33. The lowest BCUT2D eigenvalue weighted by atomic mass is 10.5. The summed E-state index contributed by atoms with van der Waals surface area (Å²) < 4.78 is 5.10. The maximum atomic E-state index is 10.8. The molecule has 64 valence electrons. The number of ether oxygens (including phenoxy) is 1. The monoisotopic (exact) mass is 159 g/mol. The zero-order chi connectivity index (χ0) is 8.10. The number of amides is 2. The van der Waals surface area contributed by atoms with Crippen molar-refractivity contribution in [2.45, 2.75) is 0 Å². The number of carbonyl (C=O) groups is 1. The fourth-order valence-corrected chi connectivity index (χ4v) is 0.875. The van der Waals surface area contributed by atoms with E-state index in [1.807, 2.05) is 5.01 Å². The lowest BCUT2D eigenvalue weighted by molar-refractivity contribution is 0.0197.